The van der Waals surface area contributed by atoms with Crippen molar-refractivity contribution in [3.63, 3.8) is 0 Å². The van der Waals surface area contributed by atoms with E-state index < -0.39 is 18.2 Å². The first-order chi connectivity index (χ1) is 7.82. The fraction of sp³-hybridized carbons (Fsp3) is 0.818. The average Bonchev–Trinajstić information content (AvgIpc) is 2.19. The van der Waals surface area contributed by atoms with Gasteiger partial charge in [0.05, 0.1) is 6.10 Å². The molecular weight excluding hydrogens is 339 g/mol. The maximum Gasteiger partial charge on any atom is 0.303 e. The van der Waals surface area contributed by atoms with E-state index in [0.717, 1.165) is 0 Å². The molecule has 1 heterocycles. The Hall–Kier alpha value is -0.370. The molecule has 0 aromatic carbocycles. The van der Waals surface area contributed by atoms with E-state index in [9.17, 15) is 9.59 Å². The molecular formula is C11H17IO5. The zero-order valence-corrected chi connectivity index (χ0v) is 12.5. The number of carbonyl (C=O) groups is 2. The summed E-state index contributed by atoms with van der Waals surface area (Å²) in [7, 11) is 0. The summed E-state index contributed by atoms with van der Waals surface area (Å²) in [6.45, 7) is 6.40. The van der Waals surface area contributed by atoms with Gasteiger partial charge in [-0.2, -0.15) is 0 Å². The molecule has 0 aromatic heterocycles. The first-order valence-corrected chi connectivity index (χ1v) is 6.71. The lowest BCUT2D eigenvalue weighted by Gasteiger charge is -2.41. The molecule has 17 heavy (non-hydrogen) atoms. The highest BCUT2D eigenvalue weighted by atomic mass is 127. The number of halogens is 1. The van der Waals surface area contributed by atoms with E-state index in [1.54, 1.807) is 0 Å². The molecule has 5 nitrogen and oxygen atoms in total. The number of hydrogen-bond acceptors (Lipinski definition) is 5. The fourth-order valence-electron chi connectivity index (χ4n) is 1.84. The van der Waals surface area contributed by atoms with Crippen molar-refractivity contribution in [3.8, 4) is 0 Å². The molecule has 0 spiro atoms. The lowest BCUT2D eigenvalue weighted by atomic mass is 9.94. The molecule has 1 rings (SSSR count). The van der Waals surface area contributed by atoms with Crippen LogP contribution in [0.3, 0.4) is 0 Å². The van der Waals surface area contributed by atoms with Crippen LogP contribution < -0.4 is 0 Å². The molecule has 0 aromatic rings. The van der Waals surface area contributed by atoms with Gasteiger partial charge in [0.25, 0.3) is 0 Å². The summed E-state index contributed by atoms with van der Waals surface area (Å²) >= 11 is 2.15. The molecule has 98 valence electrons. The summed E-state index contributed by atoms with van der Waals surface area (Å²) in [5, 5.41) is 0. The monoisotopic (exact) mass is 356 g/mol. The Morgan fingerprint density at radius 2 is 1.53 bits per heavy atom. The highest BCUT2D eigenvalue weighted by Crippen LogP contribution is 2.33. The third-order valence-corrected chi connectivity index (χ3v) is 4.09. The van der Waals surface area contributed by atoms with Crippen molar-refractivity contribution < 1.29 is 23.8 Å². The van der Waals surface area contributed by atoms with Crippen molar-refractivity contribution in [2.75, 3.05) is 0 Å². The molecule has 0 amide bonds. The lowest BCUT2D eigenvalue weighted by Crippen LogP contribution is -2.54. The summed E-state index contributed by atoms with van der Waals surface area (Å²) in [6.07, 6.45) is -1.29. The summed E-state index contributed by atoms with van der Waals surface area (Å²) < 4.78 is 16.0. The van der Waals surface area contributed by atoms with Crippen LogP contribution in [0.25, 0.3) is 0 Å². The van der Waals surface area contributed by atoms with Crippen molar-refractivity contribution in [1.29, 1.82) is 0 Å². The van der Waals surface area contributed by atoms with Crippen LogP contribution >= 0.6 is 22.6 Å². The summed E-state index contributed by atoms with van der Waals surface area (Å²) in [5.74, 6) is -0.807. The first-order valence-electron chi connectivity index (χ1n) is 5.47. The molecule has 0 radical (unpaired) electrons. The molecule has 0 bridgehead atoms. The predicted octanol–water partition coefficient (Wildman–Crippen LogP) is 1.67. The van der Waals surface area contributed by atoms with Crippen LogP contribution in [0.5, 0.6) is 0 Å². The fourth-order valence-corrected chi connectivity index (χ4v) is 2.71. The van der Waals surface area contributed by atoms with Crippen LogP contribution in [0.4, 0.5) is 0 Å². The molecule has 1 saturated heterocycles. The van der Waals surface area contributed by atoms with Gasteiger partial charge in [-0.15, -0.1) is 0 Å². The highest BCUT2D eigenvalue weighted by Gasteiger charge is 2.45. The van der Waals surface area contributed by atoms with Gasteiger partial charge in [0.15, 0.2) is 6.10 Å². The van der Waals surface area contributed by atoms with Gasteiger partial charge in [-0.1, -0.05) is 29.5 Å². The van der Waals surface area contributed by atoms with E-state index in [-0.39, 0.29) is 22.1 Å². The minimum absolute atomic E-state index is 0.0277. The number of alkyl halides is 1. The Bertz CT molecular complexity index is 306. The molecule has 0 aliphatic carbocycles. The van der Waals surface area contributed by atoms with Gasteiger partial charge in [0, 0.05) is 19.8 Å². The van der Waals surface area contributed by atoms with Crippen molar-refractivity contribution in [1.82, 2.24) is 0 Å². The second-order valence-corrected chi connectivity index (χ2v) is 5.43. The van der Waals surface area contributed by atoms with Gasteiger partial charge >= 0.3 is 11.9 Å². The largest absolute Gasteiger partial charge is 0.458 e. The van der Waals surface area contributed by atoms with Crippen molar-refractivity contribution >= 4 is 34.5 Å². The van der Waals surface area contributed by atoms with E-state index >= 15 is 0 Å². The van der Waals surface area contributed by atoms with Crippen LogP contribution in [0.1, 0.15) is 27.7 Å². The number of carbonyl (C=O) groups excluding carboxylic acids is 2. The second kappa shape index (κ2) is 5.99. The molecule has 5 atom stereocenters. The normalized spacial score (nSPS) is 37.4. The maximum absolute atomic E-state index is 11.1. The van der Waals surface area contributed by atoms with E-state index in [4.69, 9.17) is 14.2 Å². The number of esters is 2. The first kappa shape index (κ1) is 14.7. The van der Waals surface area contributed by atoms with E-state index in [2.05, 4.69) is 22.6 Å². The van der Waals surface area contributed by atoms with Crippen molar-refractivity contribution in [2.24, 2.45) is 5.92 Å². The second-order valence-electron chi connectivity index (χ2n) is 4.20. The quantitative estimate of drug-likeness (QED) is 0.428. The number of hydrogen-bond donors (Lipinski definition) is 0. The standard InChI is InChI=1S/C11H17IO5/c1-5-9(16-7(3)13)10(17-8(4)14)6(2)15-11(5)12/h5-6,9-11H,1-4H3/t5-,6-,9+,10+,11?/m0/s1. The van der Waals surface area contributed by atoms with Crippen molar-refractivity contribution in [3.05, 3.63) is 0 Å². The molecule has 1 unspecified atom stereocenters. The van der Waals surface area contributed by atoms with Gasteiger partial charge < -0.3 is 14.2 Å². The molecule has 1 fully saturated rings. The Kier molecular flexibility index (Phi) is 5.18. The summed E-state index contributed by atoms with van der Waals surface area (Å²) in [4.78, 5) is 22.2. The minimum Gasteiger partial charge on any atom is -0.458 e. The van der Waals surface area contributed by atoms with Crippen LogP contribution in [0.2, 0.25) is 0 Å². The minimum atomic E-state index is -0.544. The van der Waals surface area contributed by atoms with E-state index in [0.29, 0.717) is 0 Å². The Labute approximate surface area is 114 Å². The SMILES string of the molecule is CC(=O)O[C@H]1[C@H](OC(C)=O)[C@H](C)C(I)O[C@H]1C. The zero-order valence-electron chi connectivity index (χ0n) is 10.3. The topological polar surface area (TPSA) is 61.8 Å². The lowest BCUT2D eigenvalue weighted by molar-refractivity contribution is -0.204. The molecule has 0 saturated carbocycles. The van der Waals surface area contributed by atoms with Gasteiger partial charge in [0.1, 0.15) is 10.2 Å². The molecule has 0 N–H and O–H groups in total. The third-order valence-electron chi connectivity index (χ3n) is 2.67. The van der Waals surface area contributed by atoms with E-state index in [1.807, 2.05) is 13.8 Å². The third kappa shape index (κ3) is 3.80. The number of rotatable bonds is 2. The Balaban J connectivity index is 2.86. The van der Waals surface area contributed by atoms with Crippen LogP contribution in [0.15, 0.2) is 0 Å². The Morgan fingerprint density at radius 3 is 2.00 bits per heavy atom. The van der Waals surface area contributed by atoms with Gasteiger partial charge in [-0.25, -0.2) is 0 Å². The number of ether oxygens (including phenoxy) is 3. The van der Waals surface area contributed by atoms with Gasteiger partial charge in [-0.05, 0) is 6.92 Å². The van der Waals surface area contributed by atoms with Crippen molar-refractivity contribution in [2.45, 2.75) is 50.1 Å². The Morgan fingerprint density at radius 1 is 1.06 bits per heavy atom. The maximum atomic E-state index is 11.1. The van der Waals surface area contributed by atoms with Crippen LogP contribution in [-0.4, -0.2) is 34.4 Å². The summed E-state index contributed by atoms with van der Waals surface area (Å²) in [6, 6.07) is 0. The molecule has 6 heteroatoms. The zero-order chi connectivity index (χ0) is 13.2. The highest BCUT2D eigenvalue weighted by molar-refractivity contribution is 14.1. The molecule has 1 aliphatic rings. The van der Waals surface area contributed by atoms with E-state index in [1.165, 1.54) is 13.8 Å². The molecule has 1 aliphatic heterocycles. The predicted molar refractivity (Wildman–Crippen MR) is 68.6 cm³/mol. The van der Waals surface area contributed by atoms with Gasteiger partial charge in [-0.3, -0.25) is 9.59 Å². The van der Waals surface area contributed by atoms with Crippen LogP contribution in [0, 0.1) is 5.92 Å². The van der Waals surface area contributed by atoms with Crippen LogP contribution in [-0.2, 0) is 23.8 Å². The van der Waals surface area contributed by atoms with Gasteiger partial charge in [0.2, 0.25) is 0 Å². The smallest absolute Gasteiger partial charge is 0.303 e. The average molecular weight is 356 g/mol. The summed E-state index contributed by atoms with van der Waals surface area (Å²) in [5.41, 5.74) is 0.